The highest BCUT2D eigenvalue weighted by atomic mass is 19.2. The predicted octanol–water partition coefficient (Wildman–Crippen LogP) is 4.36. The molecule has 0 aliphatic carbocycles. The van der Waals surface area contributed by atoms with Gasteiger partial charge in [-0.05, 0) is 23.8 Å². The second-order valence-corrected chi connectivity index (χ2v) is 5.33. The monoisotopic (exact) mass is 362 g/mol. The van der Waals surface area contributed by atoms with E-state index in [2.05, 4.69) is 16.5 Å². The van der Waals surface area contributed by atoms with Crippen LogP contribution in [-0.4, -0.2) is 22.5 Å². The molecule has 8 heteroatoms. The number of hydrogen-bond donors (Lipinski definition) is 1. The van der Waals surface area contributed by atoms with Crippen molar-refractivity contribution in [3.63, 3.8) is 0 Å². The fraction of sp³-hybridized carbons (Fsp3) is 0.111. The van der Waals surface area contributed by atoms with Gasteiger partial charge >= 0.3 is 6.03 Å². The van der Waals surface area contributed by atoms with Crippen molar-refractivity contribution in [3.8, 4) is 11.1 Å². The first-order valence-corrected chi connectivity index (χ1v) is 7.57. The molecular formula is C18H12F4N3O. The number of carbonyl (C=O) groups excluding carboxylic acids is 1. The molecule has 4 nitrogen and oxygen atoms in total. The summed E-state index contributed by atoms with van der Waals surface area (Å²) in [4.78, 5) is 12.3. The molecule has 0 aliphatic rings. The highest BCUT2D eigenvalue weighted by Gasteiger charge is 2.15. The van der Waals surface area contributed by atoms with Crippen molar-refractivity contribution in [2.24, 2.45) is 0 Å². The zero-order valence-corrected chi connectivity index (χ0v) is 13.3. The van der Waals surface area contributed by atoms with E-state index in [4.69, 9.17) is 0 Å². The summed E-state index contributed by atoms with van der Waals surface area (Å²) in [5.74, 6) is -4.24. The van der Waals surface area contributed by atoms with Crippen molar-refractivity contribution in [3.05, 3.63) is 71.8 Å². The molecule has 0 fully saturated rings. The molecule has 0 unspecified atom stereocenters. The van der Waals surface area contributed by atoms with E-state index in [-0.39, 0.29) is 17.7 Å². The van der Waals surface area contributed by atoms with Gasteiger partial charge in [0, 0.05) is 24.2 Å². The van der Waals surface area contributed by atoms with Crippen molar-refractivity contribution < 1.29 is 22.4 Å². The van der Waals surface area contributed by atoms with Gasteiger partial charge in [0.1, 0.15) is 0 Å². The van der Waals surface area contributed by atoms with E-state index in [0.717, 1.165) is 16.8 Å². The molecule has 1 radical (unpaired) electrons. The van der Waals surface area contributed by atoms with E-state index in [1.165, 1.54) is 18.3 Å². The van der Waals surface area contributed by atoms with Crippen LogP contribution in [0.15, 0.2) is 42.6 Å². The van der Waals surface area contributed by atoms with Gasteiger partial charge in [0.2, 0.25) is 0 Å². The number of aryl methyl sites for hydroxylation is 1. The molecule has 1 aromatic heterocycles. The molecule has 1 amide bonds. The smallest absolute Gasteiger partial charge is 0.305 e. The summed E-state index contributed by atoms with van der Waals surface area (Å²) in [5.41, 5.74) is 0.880. The maximum atomic E-state index is 13.5. The summed E-state index contributed by atoms with van der Waals surface area (Å²) in [7, 11) is 0. The Morgan fingerprint density at radius 3 is 2.54 bits per heavy atom. The van der Waals surface area contributed by atoms with Crippen LogP contribution in [-0.2, 0) is 6.42 Å². The number of carbonyl (C=O) groups is 1. The van der Waals surface area contributed by atoms with Gasteiger partial charge in [-0.25, -0.2) is 18.0 Å². The van der Waals surface area contributed by atoms with E-state index in [9.17, 15) is 22.4 Å². The molecule has 0 atom stereocenters. The van der Waals surface area contributed by atoms with E-state index >= 15 is 0 Å². The zero-order chi connectivity index (χ0) is 18.7. The van der Waals surface area contributed by atoms with Gasteiger partial charge in [-0.1, -0.05) is 18.2 Å². The summed E-state index contributed by atoms with van der Waals surface area (Å²) < 4.78 is 53.4. The number of nitrogens with zero attached hydrogens (tertiary/aromatic N) is 2. The third-order valence-corrected chi connectivity index (χ3v) is 3.58. The number of para-hydroxylation sites is 1. The first kappa shape index (κ1) is 17.7. The van der Waals surface area contributed by atoms with E-state index < -0.39 is 30.2 Å². The maximum absolute atomic E-state index is 13.5. The predicted molar refractivity (Wildman–Crippen MR) is 86.9 cm³/mol. The molecular weight excluding hydrogens is 350 g/mol. The van der Waals surface area contributed by atoms with Crippen molar-refractivity contribution in [1.29, 1.82) is 0 Å². The van der Waals surface area contributed by atoms with Gasteiger partial charge in [0.05, 0.1) is 18.1 Å². The average Bonchev–Trinajstić information content (AvgIpc) is 3.09. The minimum atomic E-state index is -1.57. The van der Waals surface area contributed by atoms with Gasteiger partial charge in [0.25, 0.3) is 0 Å². The van der Waals surface area contributed by atoms with E-state index in [0.29, 0.717) is 11.3 Å². The van der Waals surface area contributed by atoms with E-state index in [1.54, 1.807) is 12.1 Å². The number of alkyl halides is 1. The molecule has 2 aromatic carbocycles. The fourth-order valence-corrected chi connectivity index (χ4v) is 2.37. The minimum Gasteiger partial charge on any atom is -0.305 e. The molecule has 0 saturated heterocycles. The number of benzene rings is 2. The summed E-state index contributed by atoms with van der Waals surface area (Å²) in [6.45, 7) is -0.625. The number of hydrogen-bond acceptors (Lipinski definition) is 2. The first-order chi connectivity index (χ1) is 12.5. The lowest BCUT2D eigenvalue weighted by molar-refractivity contribution is 0.250. The normalized spacial score (nSPS) is 10.8. The Balaban J connectivity index is 1.91. The van der Waals surface area contributed by atoms with Crippen LogP contribution in [0.5, 0.6) is 0 Å². The molecule has 0 spiro atoms. The van der Waals surface area contributed by atoms with Crippen LogP contribution in [0.4, 0.5) is 28.0 Å². The molecule has 133 valence electrons. The first-order valence-electron chi connectivity index (χ1n) is 7.57. The van der Waals surface area contributed by atoms with Crippen molar-refractivity contribution in [2.45, 2.75) is 6.42 Å². The fourth-order valence-electron chi connectivity index (χ4n) is 2.37. The quantitative estimate of drug-likeness (QED) is 0.554. The molecule has 1 N–H and O–H groups in total. The lowest BCUT2D eigenvalue weighted by Gasteiger charge is -2.11. The van der Waals surface area contributed by atoms with Crippen LogP contribution in [0, 0.1) is 23.5 Å². The number of amides is 1. The van der Waals surface area contributed by atoms with Gasteiger partial charge in [-0.15, -0.1) is 0 Å². The maximum Gasteiger partial charge on any atom is 0.346 e. The van der Waals surface area contributed by atoms with Crippen molar-refractivity contribution in [1.82, 2.24) is 9.78 Å². The third kappa shape index (κ3) is 3.58. The molecule has 0 saturated carbocycles. The summed E-state index contributed by atoms with van der Waals surface area (Å²) >= 11 is 0. The highest BCUT2D eigenvalue weighted by molar-refractivity contribution is 5.95. The average molecular weight is 362 g/mol. The summed E-state index contributed by atoms with van der Waals surface area (Å²) in [5, 5.41) is 6.42. The molecule has 0 bridgehead atoms. The zero-order valence-electron chi connectivity index (χ0n) is 13.3. The lowest BCUT2D eigenvalue weighted by atomic mass is 10.0. The summed E-state index contributed by atoms with van der Waals surface area (Å²) in [6.07, 6.45) is 1.28. The SMILES string of the molecule is O=C(Nc1ccccc1-c1cc(F)c(F)c(F)c1)n1c[c]c(CCF)n1. The minimum absolute atomic E-state index is 0.0327. The topological polar surface area (TPSA) is 46.9 Å². The van der Waals surface area contributed by atoms with Gasteiger partial charge in [0.15, 0.2) is 17.5 Å². The second-order valence-electron chi connectivity index (χ2n) is 5.33. The largest absolute Gasteiger partial charge is 0.346 e. The number of aromatic nitrogens is 2. The second kappa shape index (κ2) is 7.38. The van der Waals surface area contributed by atoms with Crippen LogP contribution >= 0.6 is 0 Å². The Morgan fingerprint density at radius 2 is 1.85 bits per heavy atom. The Bertz CT molecular complexity index is 932. The number of rotatable bonds is 4. The van der Waals surface area contributed by atoms with Crippen LogP contribution < -0.4 is 5.32 Å². The number of nitrogens with one attached hydrogen (secondary N) is 1. The summed E-state index contributed by atoms with van der Waals surface area (Å²) in [6, 6.07) is 9.91. The molecule has 1 heterocycles. The van der Waals surface area contributed by atoms with Gasteiger partial charge < -0.3 is 5.32 Å². The molecule has 3 rings (SSSR count). The van der Waals surface area contributed by atoms with Crippen LogP contribution in [0.3, 0.4) is 0 Å². The van der Waals surface area contributed by atoms with E-state index in [1.807, 2.05) is 0 Å². The third-order valence-electron chi connectivity index (χ3n) is 3.58. The molecule has 0 aliphatic heterocycles. The van der Waals surface area contributed by atoms with Gasteiger partial charge in [-0.2, -0.15) is 9.78 Å². The standard InChI is InChI=1S/C18H12F4N3O/c19-7-5-12-6-8-25(24-12)18(26)23-16-4-2-1-3-13(16)11-9-14(20)17(22)15(21)10-11/h1-4,8-10H,5,7H2,(H,23,26). The lowest BCUT2D eigenvalue weighted by Crippen LogP contribution is -2.20. The highest BCUT2D eigenvalue weighted by Crippen LogP contribution is 2.30. The van der Waals surface area contributed by atoms with Crippen LogP contribution in [0.2, 0.25) is 0 Å². The van der Waals surface area contributed by atoms with Crippen molar-refractivity contribution in [2.75, 3.05) is 12.0 Å². The van der Waals surface area contributed by atoms with Crippen molar-refractivity contribution >= 4 is 11.7 Å². The van der Waals surface area contributed by atoms with Crippen LogP contribution in [0.25, 0.3) is 11.1 Å². The molecule has 3 aromatic rings. The number of halogens is 4. The Morgan fingerprint density at radius 1 is 1.15 bits per heavy atom. The Hall–Kier alpha value is -3.16. The van der Waals surface area contributed by atoms with Gasteiger partial charge in [-0.3, -0.25) is 4.39 Å². The van der Waals surface area contributed by atoms with Crippen LogP contribution in [0.1, 0.15) is 5.69 Å². The molecule has 26 heavy (non-hydrogen) atoms. The number of anilines is 1. The Kier molecular flexibility index (Phi) is 5.01. The Labute approximate surface area is 146 Å².